The highest BCUT2D eigenvalue weighted by Gasteiger charge is 2.11. The summed E-state index contributed by atoms with van der Waals surface area (Å²) >= 11 is 0. The topological polar surface area (TPSA) is 64.9 Å². The van der Waals surface area contributed by atoms with Gasteiger partial charge in [-0.25, -0.2) is 9.97 Å². The Bertz CT molecular complexity index is 703. The number of hydrogen-bond donors (Lipinski definition) is 1. The van der Waals surface area contributed by atoms with E-state index in [0.29, 0.717) is 5.82 Å². The van der Waals surface area contributed by atoms with Crippen molar-refractivity contribution in [2.45, 2.75) is 19.4 Å². The molecule has 2 heterocycles. The number of para-hydroxylation sites is 1. The van der Waals surface area contributed by atoms with Crippen molar-refractivity contribution in [1.82, 2.24) is 9.97 Å². The lowest BCUT2D eigenvalue weighted by Crippen LogP contribution is -2.18. The van der Waals surface area contributed by atoms with Crippen molar-refractivity contribution in [1.29, 1.82) is 0 Å². The van der Waals surface area contributed by atoms with E-state index in [0.717, 1.165) is 28.6 Å². The van der Waals surface area contributed by atoms with E-state index in [2.05, 4.69) is 9.97 Å². The van der Waals surface area contributed by atoms with E-state index in [-0.39, 0.29) is 6.04 Å². The molecule has 1 unspecified atom stereocenters. The van der Waals surface area contributed by atoms with Crippen LogP contribution in [0, 0.1) is 0 Å². The molecule has 1 aromatic carbocycles. The second-order valence-corrected chi connectivity index (χ2v) is 4.70. The van der Waals surface area contributed by atoms with E-state index in [1.165, 1.54) is 0 Å². The van der Waals surface area contributed by atoms with Gasteiger partial charge in [0.15, 0.2) is 5.82 Å². The molecule has 0 aliphatic heterocycles. The third kappa shape index (κ3) is 2.35. The summed E-state index contributed by atoms with van der Waals surface area (Å²) in [6.07, 6.45) is 4.21. The van der Waals surface area contributed by atoms with E-state index in [1.54, 1.807) is 12.5 Å². The van der Waals surface area contributed by atoms with Crippen molar-refractivity contribution >= 4 is 11.0 Å². The SMILES string of the molecule is CC(N)Cc1ccnc(-c2coc3ccccc23)n1. The third-order valence-corrected chi connectivity index (χ3v) is 2.97. The monoisotopic (exact) mass is 253 g/mol. The summed E-state index contributed by atoms with van der Waals surface area (Å²) < 4.78 is 5.52. The summed E-state index contributed by atoms with van der Waals surface area (Å²) in [5, 5.41) is 1.03. The van der Waals surface area contributed by atoms with Gasteiger partial charge in [0.2, 0.25) is 0 Å². The molecule has 0 amide bonds. The van der Waals surface area contributed by atoms with Gasteiger partial charge in [0, 0.05) is 29.7 Å². The van der Waals surface area contributed by atoms with E-state index < -0.39 is 0 Å². The quantitative estimate of drug-likeness (QED) is 0.779. The maximum absolute atomic E-state index is 5.80. The number of aromatic nitrogens is 2. The Balaban J connectivity index is 2.06. The zero-order valence-corrected chi connectivity index (χ0v) is 10.7. The molecule has 3 rings (SSSR count). The van der Waals surface area contributed by atoms with Crippen LogP contribution in [0.3, 0.4) is 0 Å². The molecule has 0 aliphatic rings. The van der Waals surface area contributed by atoms with Gasteiger partial charge in [-0.05, 0) is 19.1 Å². The van der Waals surface area contributed by atoms with Gasteiger partial charge in [-0.15, -0.1) is 0 Å². The summed E-state index contributed by atoms with van der Waals surface area (Å²) in [6.45, 7) is 1.97. The lowest BCUT2D eigenvalue weighted by Gasteiger charge is -2.05. The van der Waals surface area contributed by atoms with Crippen LogP contribution in [0.1, 0.15) is 12.6 Å². The van der Waals surface area contributed by atoms with Crippen LogP contribution in [-0.4, -0.2) is 16.0 Å². The summed E-state index contributed by atoms with van der Waals surface area (Å²) in [6, 6.07) is 9.86. The largest absolute Gasteiger partial charge is 0.464 e. The van der Waals surface area contributed by atoms with Gasteiger partial charge < -0.3 is 10.2 Å². The fourth-order valence-electron chi connectivity index (χ4n) is 2.12. The van der Waals surface area contributed by atoms with Crippen LogP contribution >= 0.6 is 0 Å². The zero-order valence-electron chi connectivity index (χ0n) is 10.7. The molecule has 0 spiro atoms. The Hall–Kier alpha value is -2.20. The van der Waals surface area contributed by atoms with Crippen molar-refractivity contribution < 1.29 is 4.42 Å². The smallest absolute Gasteiger partial charge is 0.163 e. The summed E-state index contributed by atoms with van der Waals surface area (Å²) in [5.41, 5.74) is 8.52. The van der Waals surface area contributed by atoms with Crippen LogP contribution in [0.2, 0.25) is 0 Å². The Morgan fingerprint density at radius 3 is 2.95 bits per heavy atom. The van der Waals surface area contributed by atoms with E-state index in [4.69, 9.17) is 10.2 Å². The van der Waals surface area contributed by atoms with Crippen LogP contribution in [0.25, 0.3) is 22.4 Å². The lowest BCUT2D eigenvalue weighted by atomic mass is 10.1. The highest BCUT2D eigenvalue weighted by molar-refractivity contribution is 5.91. The first-order chi connectivity index (χ1) is 9.24. The van der Waals surface area contributed by atoms with Gasteiger partial charge in [-0.1, -0.05) is 18.2 Å². The van der Waals surface area contributed by atoms with E-state index in [1.807, 2.05) is 37.3 Å². The minimum atomic E-state index is 0.0869. The number of furan rings is 1. The van der Waals surface area contributed by atoms with Gasteiger partial charge in [0.1, 0.15) is 11.8 Å². The van der Waals surface area contributed by atoms with Crippen LogP contribution in [0.15, 0.2) is 47.2 Å². The van der Waals surface area contributed by atoms with Crippen molar-refractivity contribution in [3.63, 3.8) is 0 Å². The maximum Gasteiger partial charge on any atom is 0.163 e. The first kappa shape index (κ1) is 11.9. The molecule has 0 saturated carbocycles. The number of hydrogen-bond acceptors (Lipinski definition) is 4. The third-order valence-electron chi connectivity index (χ3n) is 2.97. The molecule has 1 atom stereocenters. The zero-order chi connectivity index (χ0) is 13.2. The molecule has 4 heteroatoms. The molecule has 0 saturated heterocycles. The van der Waals surface area contributed by atoms with Gasteiger partial charge in [-0.2, -0.15) is 0 Å². The van der Waals surface area contributed by atoms with E-state index in [9.17, 15) is 0 Å². The normalized spacial score (nSPS) is 12.7. The van der Waals surface area contributed by atoms with Crippen molar-refractivity contribution in [3.8, 4) is 11.4 Å². The minimum Gasteiger partial charge on any atom is -0.464 e. The Morgan fingerprint density at radius 1 is 1.26 bits per heavy atom. The molecular weight excluding hydrogens is 238 g/mol. The van der Waals surface area contributed by atoms with Gasteiger partial charge in [-0.3, -0.25) is 0 Å². The fourth-order valence-corrected chi connectivity index (χ4v) is 2.12. The number of fused-ring (bicyclic) bond motifs is 1. The molecule has 0 aliphatic carbocycles. The van der Waals surface area contributed by atoms with Crippen LogP contribution in [0.5, 0.6) is 0 Å². The highest BCUT2D eigenvalue weighted by Crippen LogP contribution is 2.27. The van der Waals surface area contributed by atoms with Crippen LogP contribution < -0.4 is 5.73 Å². The number of nitrogens with zero attached hydrogens (tertiary/aromatic N) is 2. The highest BCUT2D eigenvalue weighted by atomic mass is 16.3. The number of nitrogens with two attached hydrogens (primary N) is 1. The molecule has 0 radical (unpaired) electrons. The second-order valence-electron chi connectivity index (χ2n) is 4.70. The standard InChI is InChI=1S/C15H15N3O/c1-10(16)8-11-6-7-17-15(18-11)13-9-19-14-5-3-2-4-12(13)14/h2-7,9-10H,8,16H2,1H3. The molecule has 0 bridgehead atoms. The van der Waals surface area contributed by atoms with Crippen LogP contribution in [-0.2, 0) is 6.42 Å². The molecule has 4 nitrogen and oxygen atoms in total. The fraction of sp³-hybridized carbons (Fsp3) is 0.200. The summed E-state index contributed by atoms with van der Waals surface area (Å²) in [7, 11) is 0. The first-order valence-corrected chi connectivity index (χ1v) is 6.28. The maximum atomic E-state index is 5.80. The summed E-state index contributed by atoms with van der Waals surface area (Å²) in [5.74, 6) is 0.683. The van der Waals surface area contributed by atoms with Gasteiger partial charge in [0.05, 0.1) is 5.56 Å². The van der Waals surface area contributed by atoms with Gasteiger partial charge in [0.25, 0.3) is 0 Å². The predicted octanol–water partition coefficient (Wildman–Crippen LogP) is 2.78. The predicted molar refractivity (Wildman–Crippen MR) is 74.6 cm³/mol. The average Bonchev–Trinajstić information content (AvgIpc) is 2.82. The molecule has 2 aromatic heterocycles. The average molecular weight is 253 g/mol. The molecule has 96 valence electrons. The molecular formula is C15H15N3O. The molecule has 3 aromatic rings. The number of rotatable bonds is 3. The molecule has 0 fully saturated rings. The van der Waals surface area contributed by atoms with Crippen molar-refractivity contribution in [2.75, 3.05) is 0 Å². The van der Waals surface area contributed by atoms with Gasteiger partial charge >= 0.3 is 0 Å². The van der Waals surface area contributed by atoms with Crippen molar-refractivity contribution in [3.05, 3.63) is 48.5 Å². The summed E-state index contributed by atoms with van der Waals surface area (Å²) in [4.78, 5) is 8.88. The van der Waals surface area contributed by atoms with Crippen LogP contribution in [0.4, 0.5) is 0 Å². The first-order valence-electron chi connectivity index (χ1n) is 6.28. The number of benzene rings is 1. The molecule has 19 heavy (non-hydrogen) atoms. The Morgan fingerprint density at radius 2 is 2.11 bits per heavy atom. The Kier molecular flexibility index (Phi) is 3.01. The second kappa shape index (κ2) is 4.82. The Labute approximate surface area is 111 Å². The minimum absolute atomic E-state index is 0.0869. The van der Waals surface area contributed by atoms with E-state index >= 15 is 0 Å². The lowest BCUT2D eigenvalue weighted by molar-refractivity contribution is 0.616. The molecule has 2 N–H and O–H groups in total. The van der Waals surface area contributed by atoms with Crippen molar-refractivity contribution in [2.24, 2.45) is 5.73 Å².